The lowest BCUT2D eigenvalue weighted by atomic mass is 9.75. The molecule has 0 aromatic heterocycles. The summed E-state index contributed by atoms with van der Waals surface area (Å²) in [6.45, 7) is 0. The molecule has 2 radical (unpaired) electrons. The Balaban J connectivity index is 2.52. The highest BCUT2D eigenvalue weighted by Crippen LogP contribution is 2.27. The van der Waals surface area contributed by atoms with Gasteiger partial charge in [0.15, 0.2) is 0 Å². The first-order valence-electron chi connectivity index (χ1n) is 4.04. The average molecular weight is 197 g/mol. The van der Waals surface area contributed by atoms with Crippen molar-refractivity contribution in [2.75, 3.05) is 0 Å². The SMILES string of the molecule is [B]C1C=CC(C=CSN)CC1OO. The van der Waals surface area contributed by atoms with Crippen molar-refractivity contribution in [3.05, 3.63) is 23.6 Å². The summed E-state index contributed by atoms with van der Waals surface area (Å²) >= 11 is 1.16. The monoisotopic (exact) mass is 197 g/mol. The van der Waals surface area contributed by atoms with Gasteiger partial charge in [-0.05, 0) is 23.6 Å². The van der Waals surface area contributed by atoms with Crippen molar-refractivity contribution in [2.45, 2.75) is 18.3 Å². The van der Waals surface area contributed by atoms with Gasteiger partial charge in [0.2, 0.25) is 0 Å². The molecule has 3 unspecified atom stereocenters. The second-order valence-corrected chi connectivity index (χ2v) is 3.51. The Morgan fingerprint density at radius 3 is 3.00 bits per heavy atom. The molecule has 5 heteroatoms. The molecular weight excluding hydrogens is 185 g/mol. The van der Waals surface area contributed by atoms with Gasteiger partial charge in [-0.1, -0.05) is 30.2 Å². The molecule has 0 aromatic carbocycles. The summed E-state index contributed by atoms with van der Waals surface area (Å²) in [6.07, 6.45) is 6.15. The highest BCUT2D eigenvalue weighted by molar-refractivity contribution is 7.99. The van der Waals surface area contributed by atoms with E-state index in [2.05, 4.69) is 4.89 Å². The highest BCUT2D eigenvalue weighted by atomic mass is 32.2. The predicted octanol–water partition coefficient (Wildman–Crippen LogP) is 1.50. The largest absolute Gasteiger partial charge is 0.274 e. The number of rotatable bonds is 3. The molecule has 3 nitrogen and oxygen atoms in total. The first-order valence-corrected chi connectivity index (χ1v) is 4.98. The van der Waals surface area contributed by atoms with Gasteiger partial charge >= 0.3 is 0 Å². The maximum atomic E-state index is 8.54. The van der Waals surface area contributed by atoms with Crippen LogP contribution in [0.3, 0.4) is 0 Å². The van der Waals surface area contributed by atoms with Gasteiger partial charge in [0, 0.05) is 0 Å². The van der Waals surface area contributed by atoms with E-state index in [0.29, 0.717) is 6.42 Å². The maximum absolute atomic E-state index is 8.54. The number of nitrogens with two attached hydrogens (primary N) is 1. The molecule has 3 N–H and O–H groups in total. The van der Waals surface area contributed by atoms with Crippen molar-refractivity contribution >= 4 is 19.8 Å². The smallest absolute Gasteiger partial charge is 0.0919 e. The van der Waals surface area contributed by atoms with Crippen molar-refractivity contribution in [1.82, 2.24) is 0 Å². The van der Waals surface area contributed by atoms with E-state index in [1.807, 2.05) is 18.2 Å². The van der Waals surface area contributed by atoms with Crippen LogP contribution in [0.25, 0.3) is 0 Å². The fourth-order valence-corrected chi connectivity index (χ4v) is 1.59. The zero-order chi connectivity index (χ0) is 9.68. The Bertz CT molecular complexity index is 210. The molecule has 1 aliphatic carbocycles. The van der Waals surface area contributed by atoms with Crippen LogP contribution in [-0.2, 0) is 4.89 Å². The Hall–Kier alpha value is -0.225. The molecule has 0 saturated carbocycles. The Morgan fingerprint density at radius 1 is 1.62 bits per heavy atom. The minimum atomic E-state index is -0.317. The fraction of sp³-hybridized carbons (Fsp3) is 0.500. The van der Waals surface area contributed by atoms with Crippen LogP contribution in [0.1, 0.15) is 6.42 Å². The van der Waals surface area contributed by atoms with Crippen LogP contribution in [0.4, 0.5) is 0 Å². The van der Waals surface area contributed by atoms with E-state index in [1.54, 1.807) is 5.41 Å². The lowest BCUT2D eigenvalue weighted by molar-refractivity contribution is -0.280. The molecule has 13 heavy (non-hydrogen) atoms. The molecule has 0 bridgehead atoms. The van der Waals surface area contributed by atoms with Gasteiger partial charge in [-0.3, -0.25) is 10.4 Å². The molecule has 0 aliphatic heterocycles. The normalized spacial score (nSPS) is 34.2. The Morgan fingerprint density at radius 2 is 2.38 bits per heavy atom. The minimum absolute atomic E-state index is 0.222. The van der Waals surface area contributed by atoms with Gasteiger partial charge in [-0.2, -0.15) is 0 Å². The van der Waals surface area contributed by atoms with Gasteiger partial charge in [0.25, 0.3) is 0 Å². The van der Waals surface area contributed by atoms with Gasteiger partial charge in [0.05, 0.1) is 14.0 Å². The summed E-state index contributed by atoms with van der Waals surface area (Å²) < 4.78 is 0. The van der Waals surface area contributed by atoms with Crippen LogP contribution >= 0.6 is 11.9 Å². The summed E-state index contributed by atoms with van der Waals surface area (Å²) in [5.41, 5.74) is 0. The van der Waals surface area contributed by atoms with Gasteiger partial charge in [-0.25, -0.2) is 4.89 Å². The van der Waals surface area contributed by atoms with Crippen molar-refractivity contribution < 1.29 is 10.1 Å². The molecule has 70 valence electrons. The molecule has 0 fully saturated rings. The van der Waals surface area contributed by atoms with Gasteiger partial charge in [0.1, 0.15) is 0 Å². The quantitative estimate of drug-likeness (QED) is 0.236. The summed E-state index contributed by atoms with van der Waals surface area (Å²) in [6, 6.07) is 0. The van der Waals surface area contributed by atoms with Crippen LogP contribution < -0.4 is 5.14 Å². The number of hydrogen-bond acceptors (Lipinski definition) is 4. The van der Waals surface area contributed by atoms with E-state index in [0.717, 1.165) is 11.9 Å². The van der Waals surface area contributed by atoms with Crippen LogP contribution in [0.15, 0.2) is 23.6 Å². The number of allylic oxidation sites excluding steroid dienone is 2. The highest BCUT2D eigenvalue weighted by Gasteiger charge is 2.22. The topological polar surface area (TPSA) is 55.5 Å². The van der Waals surface area contributed by atoms with Crippen LogP contribution in [-0.4, -0.2) is 19.2 Å². The third-order valence-electron chi connectivity index (χ3n) is 2.05. The zero-order valence-corrected chi connectivity index (χ0v) is 7.98. The van der Waals surface area contributed by atoms with E-state index in [4.69, 9.17) is 18.2 Å². The van der Waals surface area contributed by atoms with Gasteiger partial charge in [-0.15, -0.1) is 0 Å². The van der Waals surface area contributed by atoms with E-state index < -0.39 is 0 Å². The molecule has 0 aromatic rings. The van der Waals surface area contributed by atoms with Crippen molar-refractivity contribution in [2.24, 2.45) is 11.1 Å². The molecule has 0 amide bonds. The molecular formula is C8H12BNO2S. The average Bonchev–Trinajstić information content (AvgIpc) is 2.16. The Kier molecular flexibility index (Phi) is 4.59. The third-order valence-corrected chi connectivity index (χ3v) is 2.37. The standard InChI is InChI=1S/C8H12BNO2S/c9-7-2-1-6(3-4-13-10)5-8(7)12-11/h1-4,6-8,11H,5,10H2. The van der Waals surface area contributed by atoms with Crippen molar-refractivity contribution in [3.63, 3.8) is 0 Å². The maximum Gasteiger partial charge on any atom is 0.0919 e. The molecule has 1 rings (SSSR count). The first-order chi connectivity index (χ1) is 6.27. The van der Waals surface area contributed by atoms with E-state index in [9.17, 15) is 0 Å². The fourth-order valence-electron chi connectivity index (χ4n) is 1.30. The lowest BCUT2D eigenvalue weighted by Gasteiger charge is -2.25. The van der Waals surface area contributed by atoms with Crippen molar-refractivity contribution in [3.8, 4) is 0 Å². The molecule has 0 heterocycles. The lowest BCUT2D eigenvalue weighted by Crippen LogP contribution is -2.23. The molecule has 1 aliphatic rings. The van der Waals surface area contributed by atoms with Crippen LogP contribution in [0, 0.1) is 5.92 Å². The Labute approximate surface area is 83.5 Å². The summed E-state index contributed by atoms with van der Waals surface area (Å²) in [5.74, 6) is 0.0215. The van der Waals surface area contributed by atoms with Gasteiger partial charge < -0.3 is 0 Å². The van der Waals surface area contributed by atoms with Crippen molar-refractivity contribution in [1.29, 1.82) is 0 Å². The molecule has 0 spiro atoms. The minimum Gasteiger partial charge on any atom is -0.274 e. The summed E-state index contributed by atoms with van der Waals surface area (Å²) in [7, 11) is 5.65. The van der Waals surface area contributed by atoms with E-state index >= 15 is 0 Å². The second kappa shape index (κ2) is 5.49. The predicted molar refractivity (Wildman–Crippen MR) is 55.2 cm³/mol. The van der Waals surface area contributed by atoms with Crippen LogP contribution in [0.5, 0.6) is 0 Å². The summed E-state index contributed by atoms with van der Waals surface area (Å²) in [5, 5.41) is 15.6. The second-order valence-electron chi connectivity index (χ2n) is 2.97. The zero-order valence-electron chi connectivity index (χ0n) is 7.17. The molecule has 0 saturated heterocycles. The van der Waals surface area contributed by atoms with E-state index in [1.165, 1.54) is 0 Å². The summed E-state index contributed by atoms with van der Waals surface area (Å²) in [4.78, 5) is 4.27. The van der Waals surface area contributed by atoms with E-state index in [-0.39, 0.29) is 17.8 Å². The third kappa shape index (κ3) is 3.19. The number of hydrogen-bond donors (Lipinski definition) is 2. The molecule has 3 atom stereocenters. The van der Waals surface area contributed by atoms with Crippen LogP contribution in [0.2, 0.25) is 5.82 Å². The first kappa shape index (κ1) is 10.9.